The second kappa shape index (κ2) is 6.00. The van der Waals surface area contributed by atoms with Gasteiger partial charge in [0.15, 0.2) is 0 Å². The van der Waals surface area contributed by atoms with Crippen LogP contribution in [0, 0.1) is 12.3 Å². The van der Waals surface area contributed by atoms with Gasteiger partial charge in [0.25, 0.3) is 0 Å². The van der Waals surface area contributed by atoms with Crippen LogP contribution in [0.1, 0.15) is 61.4 Å². The highest BCUT2D eigenvalue weighted by molar-refractivity contribution is 5.88. The highest BCUT2D eigenvalue weighted by Gasteiger charge is 2.31. The van der Waals surface area contributed by atoms with Crippen molar-refractivity contribution >= 4 is 5.97 Å². The van der Waals surface area contributed by atoms with E-state index in [1.54, 1.807) is 13.0 Å². The molecule has 1 aliphatic heterocycles. The number of aryl methyl sites for hydroxylation is 1. The molecule has 1 aliphatic rings. The van der Waals surface area contributed by atoms with Gasteiger partial charge in [0.2, 0.25) is 0 Å². The van der Waals surface area contributed by atoms with Crippen LogP contribution in [0.25, 0.3) is 0 Å². The Labute approximate surface area is 120 Å². The van der Waals surface area contributed by atoms with Crippen LogP contribution in [-0.2, 0) is 6.54 Å². The summed E-state index contributed by atoms with van der Waals surface area (Å²) in [4.78, 5) is 13.4. The molecule has 1 saturated heterocycles. The first-order valence-electron chi connectivity index (χ1n) is 7.54. The zero-order chi connectivity index (χ0) is 14.8. The average Bonchev–Trinajstić information content (AvgIpc) is 2.81. The lowest BCUT2D eigenvalue weighted by molar-refractivity contribution is 0.0695. The molecule has 0 aliphatic carbocycles. The minimum absolute atomic E-state index is 0.286. The predicted molar refractivity (Wildman–Crippen MR) is 77.9 cm³/mol. The van der Waals surface area contributed by atoms with Gasteiger partial charge in [-0.3, -0.25) is 4.90 Å². The number of carbonyl (C=O) groups is 1. The summed E-state index contributed by atoms with van der Waals surface area (Å²) < 4.78 is 5.56. The highest BCUT2D eigenvalue weighted by Crippen LogP contribution is 2.38. The summed E-state index contributed by atoms with van der Waals surface area (Å²) in [6.07, 6.45) is 4.96. The van der Waals surface area contributed by atoms with E-state index in [4.69, 9.17) is 9.52 Å². The van der Waals surface area contributed by atoms with Gasteiger partial charge in [0, 0.05) is 0 Å². The molecule has 20 heavy (non-hydrogen) atoms. The Balaban J connectivity index is 1.96. The maximum Gasteiger partial charge on any atom is 0.339 e. The van der Waals surface area contributed by atoms with Gasteiger partial charge in [0.1, 0.15) is 17.1 Å². The van der Waals surface area contributed by atoms with Crippen LogP contribution < -0.4 is 0 Å². The molecule has 0 amide bonds. The fourth-order valence-electron chi connectivity index (χ4n) is 3.20. The Hall–Kier alpha value is -1.29. The smallest absolute Gasteiger partial charge is 0.339 e. The molecular formula is C16H25NO3. The topological polar surface area (TPSA) is 53.7 Å². The molecule has 4 nitrogen and oxygen atoms in total. The van der Waals surface area contributed by atoms with Crippen molar-refractivity contribution in [2.24, 2.45) is 5.41 Å². The van der Waals surface area contributed by atoms with Gasteiger partial charge in [-0.2, -0.15) is 0 Å². The minimum atomic E-state index is -0.910. The van der Waals surface area contributed by atoms with Crippen molar-refractivity contribution in [3.05, 3.63) is 23.2 Å². The molecule has 0 bridgehead atoms. The van der Waals surface area contributed by atoms with E-state index in [1.165, 1.54) is 25.7 Å². The molecule has 1 aromatic rings. The number of rotatable bonds is 5. The van der Waals surface area contributed by atoms with Crippen LogP contribution in [-0.4, -0.2) is 29.1 Å². The van der Waals surface area contributed by atoms with Crippen molar-refractivity contribution in [1.29, 1.82) is 0 Å². The van der Waals surface area contributed by atoms with E-state index >= 15 is 0 Å². The van der Waals surface area contributed by atoms with Gasteiger partial charge in [-0.15, -0.1) is 0 Å². The standard InChI is InChI=1S/C16H25NO3/c1-4-16(5-2)6-8-17(9-7-16)11-13-10-14(15(18)19)12(3)20-13/h10H,4-9,11H2,1-3H3,(H,18,19). The summed E-state index contributed by atoms with van der Waals surface area (Å²) in [7, 11) is 0. The summed E-state index contributed by atoms with van der Waals surface area (Å²) in [5.74, 6) is 0.355. The van der Waals surface area contributed by atoms with E-state index in [0.717, 1.165) is 25.4 Å². The normalized spacial score (nSPS) is 19.1. The third-order valence-electron chi connectivity index (χ3n) is 5.00. The Morgan fingerprint density at radius 1 is 1.35 bits per heavy atom. The van der Waals surface area contributed by atoms with Crippen LogP contribution in [0.3, 0.4) is 0 Å². The van der Waals surface area contributed by atoms with Crippen molar-refractivity contribution in [3.63, 3.8) is 0 Å². The van der Waals surface area contributed by atoms with Crippen LogP contribution in [0.4, 0.5) is 0 Å². The summed E-state index contributed by atoms with van der Waals surface area (Å²) in [6.45, 7) is 9.15. The molecule has 1 N–H and O–H groups in total. The maximum absolute atomic E-state index is 11.0. The number of furan rings is 1. The summed E-state index contributed by atoms with van der Waals surface area (Å²) in [6, 6.07) is 1.67. The Kier molecular flexibility index (Phi) is 4.53. The van der Waals surface area contributed by atoms with Crippen LogP contribution >= 0.6 is 0 Å². The maximum atomic E-state index is 11.0. The second-order valence-electron chi connectivity index (χ2n) is 5.97. The number of nitrogens with zero attached hydrogens (tertiary/aromatic N) is 1. The molecule has 0 spiro atoms. The number of hydrogen-bond donors (Lipinski definition) is 1. The summed E-state index contributed by atoms with van der Waals surface area (Å²) in [5, 5.41) is 9.04. The number of hydrogen-bond acceptors (Lipinski definition) is 3. The van der Waals surface area contributed by atoms with Crippen LogP contribution in [0.15, 0.2) is 10.5 Å². The average molecular weight is 279 g/mol. The first kappa shape index (κ1) is 15.1. The molecule has 2 heterocycles. The van der Waals surface area contributed by atoms with Crippen molar-refractivity contribution in [3.8, 4) is 0 Å². The van der Waals surface area contributed by atoms with E-state index in [0.29, 0.717) is 11.2 Å². The van der Waals surface area contributed by atoms with E-state index < -0.39 is 5.97 Å². The van der Waals surface area contributed by atoms with E-state index in [1.807, 2.05) is 0 Å². The SMILES string of the molecule is CCC1(CC)CCN(Cc2cc(C(=O)O)c(C)o2)CC1. The van der Waals surface area contributed by atoms with Crippen molar-refractivity contribution in [2.75, 3.05) is 13.1 Å². The quantitative estimate of drug-likeness (QED) is 0.893. The number of likely N-dealkylation sites (tertiary alicyclic amines) is 1. The first-order valence-corrected chi connectivity index (χ1v) is 7.54. The van der Waals surface area contributed by atoms with E-state index in [-0.39, 0.29) is 5.56 Å². The van der Waals surface area contributed by atoms with Crippen LogP contribution in [0.2, 0.25) is 0 Å². The Bertz CT molecular complexity index is 464. The van der Waals surface area contributed by atoms with Crippen molar-refractivity contribution < 1.29 is 14.3 Å². The zero-order valence-electron chi connectivity index (χ0n) is 12.7. The second-order valence-corrected chi connectivity index (χ2v) is 5.97. The first-order chi connectivity index (χ1) is 9.49. The molecule has 0 aromatic carbocycles. The largest absolute Gasteiger partial charge is 0.478 e. The number of aromatic carboxylic acids is 1. The Morgan fingerprint density at radius 3 is 2.40 bits per heavy atom. The van der Waals surface area contributed by atoms with Gasteiger partial charge in [-0.05, 0) is 44.3 Å². The Morgan fingerprint density at radius 2 is 1.95 bits per heavy atom. The molecule has 2 rings (SSSR count). The molecule has 112 valence electrons. The molecule has 1 aromatic heterocycles. The van der Waals surface area contributed by atoms with Crippen molar-refractivity contribution in [2.45, 2.75) is 53.0 Å². The third-order valence-corrected chi connectivity index (χ3v) is 5.00. The molecule has 0 saturated carbocycles. The fourth-order valence-corrected chi connectivity index (χ4v) is 3.20. The lowest BCUT2D eigenvalue weighted by Crippen LogP contribution is -2.39. The third kappa shape index (κ3) is 3.06. The van der Waals surface area contributed by atoms with Gasteiger partial charge in [-0.1, -0.05) is 26.7 Å². The molecule has 4 heteroatoms. The number of carboxylic acids is 1. The fraction of sp³-hybridized carbons (Fsp3) is 0.688. The van der Waals surface area contributed by atoms with Gasteiger partial charge in [-0.25, -0.2) is 4.79 Å². The van der Waals surface area contributed by atoms with Crippen LogP contribution in [0.5, 0.6) is 0 Å². The molecular weight excluding hydrogens is 254 g/mol. The summed E-state index contributed by atoms with van der Waals surface area (Å²) >= 11 is 0. The van der Waals surface area contributed by atoms with Gasteiger partial charge in [0.05, 0.1) is 6.54 Å². The van der Waals surface area contributed by atoms with Gasteiger partial charge < -0.3 is 9.52 Å². The monoisotopic (exact) mass is 279 g/mol. The van der Waals surface area contributed by atoms with E-state index in [9.17, 15) is 4.79 Å². The lowest BCUT2D eigenvalue weighted by Gasteiger charge is -2.40. The predicted octanol–water partition coefficient (Wildman–Crippen LogP) is 3.69. The summed E-state index contributed by atoms with van der Waals surface area (Å²) in [5.41, 5.74) is 0.801. The number of carboxylic acid groups (broad SMARTS) is 1. The molecule has 0 unspecified atom stereocenters. The zero-order valence-corrected chi connectivity index (χ0v) is 12.7. The molecule has 1 fully saturated rings. The van der Waals surface area contributed by atoms with Gasteiger partial charge >= 0.3 is 5.97 Å². The molecule has 0 atom stereocenters. The minimum Gasteiger partial charge on any atom is -0.478 e. The van der Waals surface area contributed by atoms with Crippen molar-refractivity contribution in [1.82, 2.24) is 4.90 Å². The lowest BCUT2D eigenvalue weighted by atomic mass is 9.74. The molecule has 0 radical (unpaired) electrons. The highest BCUT2D eigenvalue weighted by atomic mass is 16.4. The number of piperidine rings is 1. The van der Waals surface area contributed by atoms with E-state index in [2.05, 4.69) is 18.7 Å².